The van der Waals surface area contributed by atoms with Gasteiger partial charge in [0.05, 0.1) is 16.7 Å². The SMILES string of the molecule is C[C@H](NC(C)(C)C)[C@@H](O)c1ccc(Cl)c(C(F)(F)F)c1. The molecule has 114 valence electrons. The molecule has 0 unspecified atom stereocenters. The van der Waals surface area contributed by atoms with E-state index in [9.17, 15) is 18.3 Å². The van der Waals surface area contributed by atoms with Crippen LogP contribution in [0.3, 0.4) is 0 Å². The topological polar surface area (TPSA) is 32.3 Å². The highest BCUT2D eigenvalue weighted by atomic mass is 35.5. The summed E-state index contributed by atoms with van der Waals surface area (Å²) >= 11 is 5.55. The van der Waals surface area contributed by atoms with Crippen LogP contribution in [0, 0.1) is 0 Å². The van der Waals surface area contributed by atoms with Gasteiger partial charge in [0.1, 0.15) is 0 Å². The van der Waals surface area contributed by atoms with Crippen molar-refractivity contribution in [2.75, 3.05) is 0 Å². The number of nitrogens with one attached hydrogen (secondary N) is 1. The van der Waals surface area contributed by atoms with Crippen molar-refractivity contribution in [2.45, 2.75) is 51.6 Å². The average molecular weight is 310 g/mol. The van der Waals surface area contributed by atoms with Crippen molar-refractivity contribution in [2.24, 2.45) is 0 Å². The molecular weight excluding hydrogens is 291 g/mol. The van der Waals surface area contributed by atoms with E-state index in [-0.39, 0.29) is 16.1 Å². The summed E-state index contributed by atoms with van der Waals surface area (Å²) in [5.74, 6) is 0. The number of aliphatic hydroxyl groups is 1. The van der Waals surface area contributed by atoms with Crippen LogP contribution in [-0.2, 0) is 6.18 Å². The number of hydrogen-bond donors (Lipinski definition) is 2. The maximum Gasteiger partial charge on any atom is 0.417 e. The second-order valence-corrected chi connectivity index (χ2v) is 6.27. The number of rotatable bonds is 3. The standard InChI is InChI=1S/C14H19ClF3NO/c1-8(19-13(2,3)4)12(20)9-5-6-11(15)10(7-9)14(16,17)18/h5-8,12,19-20H,1-4H3/t8-,12+/m0/s1. The van der Waals surface area contributed by atoms with Crippen LogP contribution in [-0.4, -0.2) is 16.7 Å². The normalized spacial score (nSPS) is 16.1. The minimum atomic E-state index is -4.53. The molecule has 0 aliphatic rings. The second kappa shape index (κ2) is 5.92. The fourth-order valence-corrected chi connectivity index (χ4v) is 2.22. The van der Waals surface area contributed by atoms with E-state index in [1.165, 1.54) is 6.07 Å². The predicted octanol–water partition coefficient (Wildman–Crippen LogP) is 4.17. The predicted molar refractivity (Wildman–Crippen MR) is 73.8 cm³/mol. The van der Waals surface area contributed by atoms with Crippen molar-refractivity contribution in [1.29, 1.82) is 0 Å². The van der Waals surface area contributed by atoms with Gasteiger partial charge in [-0.25, -0.2) is 0 Å². The van der Waals surface area contributed by atoms with Gasteiger partial charge in [-0.05, 0) is 45.4 Å². The van der Waals surface area contributed by atoms with Crippen LogP contribution < -0.4 is 5.32 Å². The summed E-state index contributed by atoms with van der Waals surface area (Å²) in [6.45, 7) is 7.47. The van der Waals surface area contributed by atoms with Crippen LogP contribution in [0.25, 0.3) is 0 Å². The van der Waals surface area contributed by atoms with Crippen LogP contribution in [0.5, 0.6) is 0 Å². The quantitative estimate of drug-likeness (QED) is 0.878. The molecule has 0 radical (unpaired) electrons. The first kappa shape index (κ1) is 17.3. The molecule has 1 aromatic rings. The van der Waals surface area contributed by atoms with Crippen molar-refractivity contribution in [3.05, 3.63) is 34.3 Å². The molecule has 20 heavy (non-hydrogen) atoms. The molecule has 0 saturated heterocycles. The monoisotopic (exact) mass is 309 g/mol. The maximum absolute atomic E-state index is 12.8. The summed E-state index contributed by atoms with van der Waals surface area (Å²) in [5.41, 5.74) is -0.996. The minimum Gasteiger partial charge on any atom is -0.387 e. The fraction of sp³-hybridized carbons (Fsp3) is 0.571. The van der Waals surface area contributed by atoms with E-state index in [0.29, 0.717) is 0 Å². The Labute approximate surface area is 121 Å². The van der Waals surface area contributed by atoms with Crippen LogP contribution in [0.15, 0.2) is 18.2 Å². The molecule has 0 heterocycles. The fourth-order valence-electron chi connectivity index (χ4n) is 1.99. The Morgan fingerprint density at radius 2 is 1.75 bits per heavy atom. The summed E-state index contributed by atoms with van der Waals surface area (Å²) in [5, 5.41) is 12.9. The van der Waals surface area contributed by atoms with E-state index in [4.69, 9.17) is 11.6 Å². The lowest BCUT2D eigenvalue weighted by Gasteiger charge is -2.29. The van der Waals surface area contributed by atoms with E-state index in [1.54, 1.807) is 6.92 Å². The molecule has 0 aliphatic carbocycles. The van der Waals surface area contributed by atoms with Gasteiger partial charge in [0, 0.05) is 11.6 Å². The highest BCUT2D eigenvalue weighted by molar-refractivity contribution is 6.31. The van der Waals surface area contributed by atoms with Crippen LogP contribution in [0.4, 0.5) is 13.2 Å². The molecule has 6 heteroatoms. The summed E-state index contributed by atoms with van der Waals surface area (Å²) < 4.78 is 38.3. The van der Waals surface area contributed by atoms with Gasteiger partial charge in [-0.3, -0.25) is 0 Å². The Bertz CT molecular complexity index is 468. The van der Waals surface area contributed by atoms with E-state index in [0.717, 1.165) is 12.1 Å². The lowest BCUT2D eigenvalue weighted by Crippen LogP contribution is -2.45. The lowest BCUT2D eigenvalue weighted by atomic mass is 9.98. The third-order valence-electron chi connectivity index (χ3n) is 2.77. The first-order chi connectivity index (χ1) is 8.92. The Hall–Kier alpha value is -0.780. The van der Waals surface area contributed by atoms with Gasteiger partial charge in [-0.1, -0.05) is 17.7 Å². The number of benzene rings is 1. The Morgan fingerprint density at radius 3 is 2.20 bits per heavy atom. The molecule has 0 saturated carbocycles. The average Bonchev–Trinajstić information content (AvgIpc) is 2.24. The molecule has 1 aromatic carbocycles. The zero-order chi connectivity index (χ0) is 15.7. The zero-order valence-electron chi connectivity index (χ0n) is 11.8. The van der Waals surface area contributed by atoms with Crippen molar-refractivity contribution >= 4 is 11.6 Å². The highest BCUT2D eigenvalue weighted by Gasteiger charge is 2.34. The van der Waals surface area contributed by atoms with Crippen molar-refractivity contribution in [1.82, 2.24) is 5.32 Å². The van der Waals surface area contributed by atoms with E-state index in [1.807, 2.05) is 20.8 Å². The lowest BCUT2D eigenvalue weighted by molar-refractivity contribution is -0.137. The molecule has 0 fully saturated rings. The van der Waals surface area contributed by atoms with E-state index < -0.39 is 23.9 Å². The zero-order valence-corrected chi connectivity index (χ0v) is 12.6. The van der Waals surface area contributed by atoms with Crippen molar-refractivity contribution in [3.8, 4) is 0 Å². The van der Waals surface area contributed by atoms with Gasteiger partial charge < -0.3 is 10.4 Å². The molecule has 0 aromatic heterocycles. The van der Waals surface area contributed by atoms with E-state index >= 15 is 0 Å². The van der Waals surface area contributed by atoms with Crippen LogP contribution in [0.1, 0.15) is 44.9 Å². The number of aliphatic hydroxyl groups excluding tert-OH is 1. The van der Waals surface area contributed by atoms with Crippen LogP contribution in [0.2, 0.25) is 5.02 Å². The first-order valence-electron chi connectivity index (χ1n) is 6.24. The number of alkyl halides is 3. The van der Waals surface area contributed by atoms with Gasteiger partial charge in [0.15, 0.2) is 0 Å². The summed E-state index contributed by atoms with van der Waals surface area (Å²) in [7, 11) is 0. The largest absolute Gasteiger partial charge is 0.417 e. The third kappa shape index (κ3) is 4.65. The molecule has 0 bridgehead atoms. The van der Waals surface area contributed by atoms with Gasteiger partial charge in [-0.2, -0.15) is 13.2 Å². The molecule has 0 aliphatic heterocycles. The molecule has 0 spiro atoms. The summed E-state index contributed by atoms with van der Waals surface area (Å²) in [6, 6.07) is 3.07. The van der Waals surface area contributed by atoms with Gasteiger partial charge in [-0.15, -0.1) is 0 Å². The number of halogens is 4. The molecule has 0 amide bonds. The molecule has 2 atom stereocenters. The summed E-state index contributed by atoms with van der Waals surface area (Å²) in [6.07, 6.45) is -5.58. The molecule has 2 N–H and O–H groups in total. The van der Waals surface area contributed by atoms with E-state index in [2.05, 4.69) is 5.32 Å². The minimum absolute atomic E-state index is 0.186. The van der Waals surface area contributed by atoms with Gasteiger partial charge in [0.25, 0.3) is 0 Å². The molecular formula is C14H19ClF3NO. The Kier molecular flexibility index (Phi) is 5.11. The Morgan fingerprint density at radius 1 is 1.20 bits per heavy atom. The summed E-state index contributed by atoms with van der Waals surface area (Å²) in [4.78, 5) is 0. The van der Waals surface area contributed by atoms with Crippen LogP contribution >= 0.6 is 11.6 Å². The smallest absolute Gasteiger partial charge is 0.387 e. The number of hydrogen-bond acceptors (Lipinski definition) is 2. The first-order valence-corrected chi connectivity index (χ1v) is 6.62. The van der Waals surface area contributed by atoms with Gasteiger partial charge >= 0.3 is 6.18 Å². The van der Waals surface area contributed by atoms with Crippen molar-refractivity contribution < 1.29 is 18.3 Å². The third-order valence-corrected chi connectivity index (χ3v) is 3.10. The van der Waals surface area contributed by atoms with Crippen molar-refractivity contribution in [3.63, 3.8) is 0 Å². The highest BCUT2D eigenvalue weighted by Crippen LogP contribution is 2.36. The molecule has 1 rings (SSSR count). The maximum atomic E-state index is 12.8. The second-order valence-electron chi connectivity index (χ2n) is 5.86. The molecule has 2 nitrogen and oxygen atoms in total. The Balaban J connectivity index is 3.03. The van der Waals surface area contributed by atoms with Gasteiger partial charge in [0.2, 0.25) is 0 Å².